The van der Waals surface area contributed by atoms with Crippen molar-refractivity contribution in [3.8, 4) is 0 Å². The highest BCUT2D eigenvalue weighted by atomic mass is 35.5. The summed E-state index contributed by atoms with van der Waals surface area (Å²) in [7, 11) is -2.23. The van der Waals surface area contributed by atoms with Crippen molar-refractivity contribution in [1.82, 2.24) is 19.0 Å². The van der Waals surface area contributed by atoms with Crippen LogP contribution in [0.5, 0.6) is 0 Å². The average Bonchev–Trinajstić information content (AvgIpc) is 3.38. The van der Waals surface area contributed by atoms with E-state index in [1.807, 2.05) is 24.3 Å². The van der Waals surface area contributed by atoms with Gasteiger partial charge in [-0.15, -0.1) is 0 Å². The third-order valence-corrected chi connectivity index (χ3v) is 7.59. The number of aromatic nitrogens is 2. The number of carbonyl (C=O) groups excluding carboxylic acids is 1. The van der Waals surface area contributed by atoms with Crippen molar-refractivity contribution in [3.63, 3.8) is 0 Å². The number of nitrogens with zero attached hydrogens (tertiary/aromatic N) is 5. The number of para-hydroxylation sites is 1. The number of rotatable bonds is 4. The summed E-state index contributed by atoms with van der Waals surface area (Å²) >= 11 is 6.27. The van der Waals surface area contributed by atoms with Crippen LogP contribution in [-0.4, -0.2) is 72.6 Å². The Labute approximate surface area is 175 Å². The van der Waals surface area contributed by atoms with Crippen LogP contribution in [0.1, 0.15) is 23.2 Å². The number of benzene rings is 1. The van der Waals surface area contributed by atoms with E-state index in [0.717, 1.165) is 18.5 Å². The molecule has 0 atom stereocenters. The minimum atomic E-state index is -3.87. The minimum absolute atomic E-state index is 0.150. The molecule has 3 heterocycles. The van der Waals surface area contributed by atoms with Gasteiger partial charge in [-0.2, -0.15) is 9.40 Å². The number of aryl methyl sites for hydroxylation is 1. The summed E-state index contributed by atoms with van der Waals surface area (Å²) in [6.45, 7) is 2.97. The van der Waals surface area contributed by atoms with Crippen molar-refractivity contribution in [1.29, 1.82) is 0 Å². The van der Waals surface area contributed by atoms with E-state index in [1.54, 1.807) is 11.9 Å². The van der Waals surface area contributed by atoms with Gasteiger partial charge in [-0.05, 0) is 25.0 Å². The van der Waals surface area contributed by atoms with Crippen LogP contribution < -0.4 is 4.90 Å². The molecule has 0 aliphatic carbocycles. The van der Waals surface area contributed by atoms with Crippen LogP contribution in [0.4, 0.5) is 5.69 Å². The predicted octanol–water partition coefficient (Wildman–Crippen LogP) is 1.82. The van der Waals surface area contributed by atoms with Crippen LogP contribution in [-0.2, 0) is 17.1 Å². The van der Waals surface area contributed by atoms with Gasteiger partial charge in [-0.3, -0.25) is 9.48 Å². The van der Waals surface area contributed by atoms with E-state index in [0.29, 0.717) is 44.3 Å². The van der Waals surface area contributed by atoms with Crippen molar-refractivity contribution in [2.75, 3.05) is 44.2 Å². The molecule has 29 heavy (non-hydrogen) atoms. The van der Waals surface area contributed by atoms with Gasteiger partial charge in [0.05, 0.1) is 16.3 Å². The van der Waals surface area contributed by atoms with E-state index < -0.39 is 10.0 Å². The molecule has 1 aromatic carbocycles. The summed E-state index contributed by atoms with van der Waals surface area (Å²) in [5.74, 6) is -0.260. The van der Waals surface area contributed by atoms with Gasteiger partial charge >= 0.3 is 0 Å². The standard InChI is InChI=1S/C19H24ClN5O3S/c1-22-14-15(19(26)24-8-4-5-9-24)18(21-22)29(27,28)25-12-10-23(11-13-25)17-7-3-2-6-16(17)20/h2-3,6-7,14H,4-5,8-13H2,1H3. The van der Waals surface area contributed by atoms with Crippen LogP contribution >= 0.6 is 11.6 Å². The molecule has 0 spiro atoms. The number of anilines is 1. The summed E-state index contributed by atoms with van der Waals surface area (Å²) in [5, 5.41) is 4.64. The number of hydrogen-bond donors (Lipinski definition) is 0. The number of amides is 1. The first-order valence-electron chi connectivity index (χ1n) is 9.70. The lowest BCUT2D eigenvalue weighted by Gasteiger charge is -2.35. The molecule has 8 nitrogen and oxygen atoms in total. The first-order chi connectivity index (χ1) is 13.9. The molecule has 1 aromatic heterocycles. The van der Waals surface area contributed by atoms with Gasteiger partial charge in [0.2, 0.25) is 5.03 Å². The fraction of sp³-hybridized carbons (Fsp3) is 0.474. The Kier molecular flexibility index (Phi) is 5.54. The molecular weight excluding hydrogens is 414 g/mol. The fourth-order valence-electron chi connectivity index (χ4n) is 3.90. The lowest BCUT2D eigenvalue weighted by Crippen LogP contribution is -2.49. The summed E-state index contributed by atoms with van der Waals surface area (Å²) in [6.07, 6.45) is 3.39. The summed E-state index contributed by atoms with van der Waals surface area (Å²) in [4.78, 5) is 16.6. The van der Waals surface area contributed by atoms with Crippen LogP contribution in [0.3, 0.4) is 0 Å². The van der Waals surface area contributed by atoms with Gasteiger partial charge in [0.1, 0.15) is 0 Å². The van der Waals surface area contributed by atoms with Gasteiger partial charge in [0.25, 0.3) is 15.9 Å². The van der Waals surface area contributed by atoms with Crippen molar-refractivity contribution < 1.29 is 13.2 Å². The fourth-order valence-corrected chi connectivity index (χ4v) is 5.69. The SMILES string of the molecule is Cn1cc(C(=O)N2CCCC2)c(S(=O)(=O)N2CCN(c3ccccc3Cl)CC2)n1. The molecule has 0 radical (unpaired) electrons. The molecule has 2 aliphatic heterocycles. The number of halogens is 1. The van der Waals surface area contributed by atoms with Crippen molar-refractivity contribution in [3.05, 3.63) is 41.0 Å². The second-order valence-corrected chi connectivity index (χ2v) is 9.62. The number of sulfonamides is 1. The first kappa shape index (κ1) is 20.2. The minimum Gasteiger partial charge on any atom is -0.368 e. The van der Waals surface area contributed by atoms with Crippen molar-refractivity contribution in [2.45, 2.75) is 17.9 Å². The highest BCUT2D eigenvalue weighted by Gasteiger charge is 2.36. The quantitative estimate of drug-likeness (QED) is 0.729. The average molecular weight is 438 g/mol. The summed E-state index contributed by atoms with van der Waals surface area (Å²) in [6, 6.07) is 7.53. The van der Waals surface area contributed by atoms with E-state index in [9.17, 15) is 13.2 Å². The van der Waals surface area contributed by atoms with E-state index in [-0.39, 0.29) is 16.5 Å². The number of hydrogen-bond acceptors (Lipinski definition) is 5. The Balaban J connectivity index is 1.54. The number of piperazine rings is 1. The zero-order chi connectivity index (χ0) is 20.6. The Morgan fingerprint density at radius 3 is 2.34 bits per heavy atom. The van der Waals surface area contributed by atoms with Crippen LogP contribution in [0.2, 0.25) is 5.02 Å². The molecule has 0 N–H and O–H groups in total. The Bertz CT molecular complexity index is 1010. The zero-order valence-corrected chi connectivity index (χ0v) is 17.9. The van der Waals surface area contributed by atoms with E-state index in [2.05, 4.69) is 10.00 Å². The van der Waals surface area contributed by atoms with E-state index >= 15 is 0 Å². The molecule has 0 unspecified atom stereocenters. The first-order valence-corrected chi connectivity index (χ1v) is 11.5. The third kappa shape index (κ3) is 3.86. The molecule has 2 aliphatic rings. The maximum Gasteiger partial charge on any atom is 0.263 e. The molecule has 2 saturated heterocycles. The Morgan fingerprint density at radius 2 is 1.69 bits per heavy atom. The maximum absolute atomic E-state index is 13.3. The molecule has 10 heteroatoms. The molecule has 2 aromatic rings. The van der Waals surface area contributed by atoms with Crippen LogP contribution in [0, 0.1) is 0 Å². The topological polar surface area (TPSA) is 78.8 Å². The Hall–Kier alpha value is -2.10. The van der Waals surface area contributed by atoms with Crippen LogP contribution in [0.15, 0.2) is 35.5 Å². The summed E-state index contributed by atoms with van der Waals surface area (Å²) in [5.41, 5.74) is 1.05. The second-order valence-electron chi connectivity index (χ2n) is 7.36. The largest absolute Gasteiger partial charge is 0.368 e. The van der Waals surface area contributed by atoms with Gasteiger partial charge in [-0.1, -0.05) is 23.7 Å². The maximum atomic E-state index is 13.3. The zero-order valence-electron chi connectivity index (χ0n) is 16.3. The van der Waals surface area contributed by atoms with Gasteiger partial charge in [0.15, 0.2) is 0 Å². The molecule has 2 fully saturated rings. The van der Waals surface area contributed by atoms with E-state index in [4.69, 9.17) is 11.6 Å². The van der Waals surface area contributed by atoms with E-state index in [1.165, 1.54) is 15.2 Å². The smallest absolute Gasteiger partial charge is 0.263 e. The normalized spacial score (nSPS) is 18.4. The molecule has 1 amide bonds. The molecule has 0 bridgehead atoms. The second kappa shape index (κ2) is 7.97. The monoisotopic (exact) mass is 437 g/mol. The highest BCUT2D eigenvalue weighted by Crippen LogP contribution is 2.28. The predicted molar refractivity (Wildman–Crippen MR) is 111 cm³/mol. The van der Waals surface area contributed by atoms with Crippen molar-refractivity contribution >= 4 is 33.2 Å². The molecule has 4 rings (SSSR count). The van der Waals surface area contributed by atoms with Gasteiger partial charge in [0, 0.05) is 52.5 Å². The molecule has 0 saturated carbocycles. The lowest BCUT2D eigenvalue weighted by molar-refractivity contribution is 0.0788. The summed E-state index contributed by atoms with van der Waals surface area (Å²) < 4.78 is 29.4. The molecule has 156 valence electrons. The highest BCUT2D eigenvalue weighted by molar-refractivity contribution is 7.89. The number of carbonyl (C=O) groups is 1. The molecular formula is C19H24ClN5O3S. The van der Waals surface area contributed by atoms with Crippen molar-refractivity contribution in [2.24, 2.45) is 7.05 Å². The number of likely N-dealkylation sites (tertiary alicyclic amines) is 1. The van der Waals surface area contributed by atoms with Gasteiger partial charge in [-0.25, -0.2) is 8.42 Å². The lowest BCUT2D eigenvalue weighted by atomic mass is 10.2. The van der Waals surface area contributed by atoms with Crippen LogP contribution in [0.25, 0.3) is 0 Å². The van der Waals surface area contributed by atoms with Gasteiger partial charge < -0.3 is 9.80 Å². The third-order valence-electron chi connectivity index (χ3n) is 5.43. The Morgan fingerprint density at radius 1 is 1.03 bits per heavy atom.